The minimum atomic E-state index is 0.503. The van der Waals surface area contributed by atoms with Crippen LogP contribution in [-0.4, -0.2) is 37.2 Å². The molecule has 0 N–H and O–H groups in total. The van der Waals surface area contributed by atoms with E-state index in [1.165, 1.54) is 25.7 Å². The number of ether oxygens (including phenoxy) is 1. The van der Waals surface area contributed by atoms with Gasteiger partial charge in [-0.25, -0.2) is 0 Å². The average Bonchev–Trinajstić information content (AvgIpc) is 2.14. The molecule has 16 heavy (non-hydrogen) atoms. The molecule has 2 heteroatoms. The smallest absolute Gasteiger partial charge is 0.0645 e. The largest absolute Gasteiger partial charge is 0.378 e. The highest BCUT2D eigenvalue weighted by Crippen LogP contribution is 2.39. The topological polar surface area (TPSA) is 12.5 Å². The van der Waals surface area contributed by atoms with Crippen LogP contribution in [0.1, 0.15) is 46.5 Å². The van der Waals surface area contributed by atoms with E-state index in [1.54, 1.807) is 0 Å². The molecule has 0 aromatic carbocycles. The Labute approximate surface area is 100 Å². The van der Waals surface area contributed by atoms with Crippen molar-refractivity contribution in [1.29, 1.82) is 0 Å². The van der Waals surface area contributed by atoms with Crippen LogP contribution in [0, 0.1) is 11.3 Å². The normalized spacial score (nSPS) is 32.8. The van der Waals surface area contributed by atoms with Crippen LogP contribution in [0.15, 0.2) is 0 Å². The number of hydrogen-bond donors (Lipinski definition) is 0. The summed E-state index contributed by atoms with van der Waals surface area (Å²) in [7, 11) is 2.29. The third kappa shape index (κ3) is 2.60. The minimum absolute atomic E-state index is 0.503. The molecule has 1 aliphatic heterocycles. The second-order valence-electron chi connectivity index (χ2n) is 6.73. The first kappa shape index (κ1) is 12.4. The molecule has 0 bridgehead atoms. The Morgan fingerprint density at radius 1 is 0.938 bits per heavy atom. The van der Waals surface area contributed by atoms with Gasteiger partial charge in [-0.15, -0.1) is 0 Å². The molecular weight excluding hydrogens is 198 g/mol. The Morgan fingerprint density at radius 2 is 1.50 bits per heavy atom. The summed E-state index contributed by atoms with van der Waals surface area (Å²) in [4.78, 5) is 2.57. The lowest BCUT2D eigenvalue weighted by atomic mass is 9.71. The second-order valence-corrected chi connectivity index (χ2v) is 6.73. The zero-order valence-electron chi connectivity index (χ0n) is 11.3. The van der Waals surface area contributed by atoms with Crippen molar-refractivity contribution < 1.29 is 4.74 Å². The molecule has 1 saturated heterocycles. The van der Waals surface area contributed by atoms with Gasteiger partial charge in [0.15, 0.2) is 0 Å². The predicted octanol–water partition coefficient (Wildman–Crippen LogP) is 2.92. The minimum Gasteiger partial charge on any atom is -0.378 e. The molecular formula is C14H27NO. The van der Waals surface area contributed by atoms with Gasteiger partial charge in [0.2, 0.25) is 0 Å². The number of likely N-dealkylation sites (N-methyl/N-ethyl adjacent to an activating group) is 1. The van der Waals surface area contributed by atoms with Gasteiger partial charge in [0.25, 0.3) is 0 Å². The van der Waals surface area contributed by atoms with Crippen molar-refractivity contribution in [3.63, 3.8) is 0 Å². The van der Waals surface area contributed by atoms with E-state index in [0.29, 0.717) is 11.5 Å². The monoisotopic (exact) mass is 225 g/mol. The number of nitrogens with zero attached hydrogens (tertiary/aromatic N) is 1. The first-order valence-corrected chi connectivity index (χ1v) is 6.78. The molecule has 1 heterocycles. The molecule has 2 rings (SSSR count). The second kappa shape index (κ2) is 4.66. The van der Waals surface area contributed by atoms with Gasteiger partial charge in [0.1, 0.15) is 0 Å². The SMILES string of the molecule is CN(C1CCC(C(C)(C)C)CC1)C1COC1. The average molecular weight is 225 g/mol. The zero-order chi connectivity index (χ0) is 11.8. The van der Waals surface area contributed by atoms with Crippen LogP contribution in [0.5, 0.6) is 0 Å². The molecule has 0 amide bonds. The van der Waals surface area contributed by atoms with Crippen molar-refractivity contribution in [2.45, 2.75) is 58.5 Å². The van der Waals surface area contributed by atoms with Crippen LogP contribution in [0.3, 0.4) is 0 Å². The quantitative estimate of drug-likeness (QED) is 0.716. The summed E-state index contributed by atoms with van der Waals surface area (Å²) in [5.41, 5.74) is 0.503. The maximum Gasteiger partial charge on any atom is 0.0645 e. The van der Waals surface area contributed by atoms with Crippen molar-refractivity contribution in [3.8, 4) is 0 Å². The highest BCUT2D eigenvalue weighted by molar-refractivity contribution is 4.87. The molecule has 0 spiro atoms. The molecule has 0 radical (unpaired) electrons. The van der Waals surface area contributed by atoms with Gasteiger partial charge in [-0.1, -0.05) is 20.8 Å². The molecule has 0 aromatic rings. The lowest BCUT2D eigenvalue weighted by molar-refractivity contribution is -0.0766. The van der Waals surface area contributed by atoms with Crippen LogP contribution < -0.4 is 0 Å². The lowest BCUT2D eigenvalue weighted by Gasteiger charge is -2.44. The molecule has 0 aromatic heterocycles. The molecule has 0 atom stereocenters. The van der Waals surface area contributed by atoms with Gasteiger partial charge < -0.3 is 4.74 Å². The van der Waals surface area contributed by atoms with Gasteiger partial charge in [-0.3, -0.25) is 4.90 Å². The van der Waals surface area contributed by atoms with Crippen molar-refractivity contribution in [1.82, 2.24) is 4.90 Å². The standard InChI is InChI=1S/C14H27NO/c1-14(2,3)11-5-7-12(8-6-11)15(4)13-9-16-10-13/h11-13H,5-10H2,1-4H3. The van der Waals surface area contributed by atoms with E-state index in [2.05, 4.69) is 32.7 Å². The summed E-state index contributed by atoms with van der Waals surface area (Å²) in [6, 6.07) is 1.52. The Kier molecular flexibility index (Phi) is 3.60. The van der Waals surface area contributed by atoms with Gasteiger partial charge >= 0.3 is 0 Å². The van der Waals surface area contributed by atoms with Crippen LogP contribution in [0.25, 0.3) is 0 Å². The van der Waals surface area contributed by atoms with Crippen LogP contribution in [0.2, 0.25) is 0 Å². The molecule has 94 valence electrons. The molecule has 0 unspecified atom stereocenters. The van der Waals surface area contributed by atoms with Crippen molar-refractivity contribution in [2.24, 2.45) is 11.3 Å². The fraction of sp³-hybridized carbons (Fsp3) is 1.00. The maximum atomic E-state index is 5.28. The van der Waals surface area contributed by atoms with Gasteiger partial charge in [0.05, 0.1) is 19.3 Å². The Balaban J connectivity index is 1.80. The molecule has 1 saturated carbocycles. The first-order chi connectivity index (χ1) is 7.48. The van der Waals surface area contributed by atoms with Crippen molar-refractivity contribution in [2.75, 3.05) is 20.3 Å². The third-order valence-corrected chi connectivity index (χ3v) is 4.69. The highest BCUT2D eigenvalue weighted by Gasteiger charge is 2.34. The summed E-state index contributed by atoms with van der Waals surface area (Å²) in [6.45, 7) is 9.08. The van der Waals surface area contributed by atoms with E-state index < -0.39 is 0 Å². The Bertz CT molecular complexity index is 221. The van der Waals surface area contributed by atoms with E-state index >= 15 is 0 Å². The van der Waals surface area contributed by atoms with E-state index in [4.69, 9.17) is 4.74 Å². The molecule has 2 nitrogen and oxygen atoms in total. The van der Waals surface area contributed by atoms with Crippen LogP contribution >= 0.6 is 0 Å². The van der Waals surface area contributed by atoms with Gasteiger partial charge in [0, 0.05) is 6.04 Å². The van der Waals surface area contributed by atoms with Crippen LogP contribution in [0.4, 0.5) is 0 Å². The summed E-state index contributed by atoms with van der Waals surface area (Å²) in [5.74, 6) is 0.926. The summed E-state index contributed by atoms with van der Waals surface area (Å²) in [6.07, 6.45) is 5.59. The molecule has 2 fully saturated rings. The predicted molar refractivity (Wildman–Crippen MR) is 67.6 cm³/mol. The Hall–Kier alpha value is -0.0800. The Morgan fingerprint density at radius 3 is 1.88 bits per heavy atom. The number of rotatable bonds is 2. The van der Waals surface area contributed by atoms with Crippen LogP contribution in [-0.2, 0) is 4.74 Å². The maximum absolute atomic E-state index is 5.28. The van der Waals surface area contributed by atoms with E-state index in [0.717, 1.165) is 25.2 Å². The fourth-order valence-electron chi connectivity index (χ4n) is 3.11. The first-order valence-electron chi connectivity index (χ1n) is 6.78. The fourth-order valence-corrected chi connectivity index (χ4v) is 3.11. The molecule has 2 aliphatic rings. The van der Waals surface area contributed by atoms with Crippen molar-refractivity contribution >= 4 is 0 Å². The van der Waals surface area contributed by atoms with E-state index in [9.17, 15) is 0 Å². The zero-order valence-corrected chi connectivity index (χ0v) is 11.3. The van der Waals surface area contributed by atoms with Gasteiger partial charge in [-0.2, -0.15) is 0 Å². The molecule has 1 aliphatic carbocycles. The summed E-state index contributed by atoms with van der Waals surface area (Å²) >= 11 is 0. The van der Waals surface area contributed by atoms with E-state index in [1.807, 2.05) is 0 Å². The number of hydrogen-bond acceptors (Lipinski definition) is 2. The summed E-state index contributed by atoms with van der Waals surface area (Å²) in [5, 5.41) is 0. The summed E-state index contributed by atoms with van der Waals surface area (Å²) < 4.78 is 5.28. The van der Waals surface area contributed by atoms with Crippen molar-refractivity contribution in [3.05, 3.63) is 0 Å². The third-order valence-electron chi connectivity index (χ3n) is 4.69. The lowest BCUT2D eigenvalue weighted by Crippen LogP contribution is -2.52. The van der Waals surface area contributed by atoms with E-state index in [-0.39, 0.29) is 0 Å². The van der Waals surface area contributed by atoms with Gasteiger partial charge in [-0.05, 0) is 44.1 Å². The highest BCUT2D eigenvalue weighted by atomic mass is 16.5.